The van der Waals surface area contributed by atoms with Gasteiger partial charge in [0.05, 0.1) is 0 Å². The Labute approximate surface area is 118 Å². The number of hydrazine groups is 1. The standard InChI is InChI=1S/C9H5Br3N2O2/c1-2-3-13(14(15)16)9-7(11)4-6(10)5-8(9)12/h1,4-5H,3H2. The van der Waals surface area contributed by atoms with Crippen LogP contribution in [0.1, 0.15) is 0 Å². The van der Waals surface area contributed by atoms with Crippen molar-refractivity contribution in [2.45, 2.75) is 0 Å². The van der Waals surface area contributed by atoms with Crippen LogP contribution in [0.2, 0.25) is 0 Å². The van der Waals surface area contributed by atoms with Crippen LogP contribution in [-0.2, 0) is 0 Å². The van der Waals surface area contributed by atoms with E-state index in [9.17, 15) is 10.1 Å². The molecule has 1 aromatic carbocycles. The lowest BCUT2D eigenvalue weighted by Crippen LogP contribution is -2.30. The van der Waals surface area contributed by atoms with Crippen molar-refractivity contribution in [3.05, 3.63) is 35.7 Å². The zero-order valence-electron chi connectivity index (χ0n) is 7.78. The molecule has 0 aromatic heterocycles. The maximum absolute atomic E-state index is 10.9. The number of benzene rings is 1. The van der Waals surface area contributed by atoms with Crippen LogP contribution in [0.25, 0.3) is 0 Å². The highest BCUT2D eigenvalue weighted by Crippen LogP contribution is 2.36. The molecule has 84 valence electrons. The number of hydrogen-bond donors (Lipinski definition) is 0. The summed E-state index contributed by atoms with van der Waals surface area (Å²) in [5.74, 6) is 2.25. The van der Waals surface area contributed by atoms with Gasteiger partial charge in [0.2, 0.25) is 0 Å². The fourth-order valence-corrected chi connectivity index (χ4v) is 3.75. The molecule has 7 heteroatoms. The maximum atomic E-state index is 10.9. The van der Waals surface area contributed by atoms with Crippen molar-refractivity contribution in [2.24, 2.45) is 0 Å². The van der Waals surface area contributed by atoms with E-state index in [1.807, 2.05) is 0 Å². The molecule has 0 radical (unpaired) electrons. The van der Waals surface area contributed by atoms with Crippen LogP contribution in [0.5, 0.6) is 0 Å². The molecule has 0 fully saturated rings. The molecule has 0 unspecified atom stereocenters. The SMILES string of the molecule is C#CCN(c1c(Br)cc(Br)cc1Br)[N+](=O)[O-]. The predicted molar refractivity (Wildman–Crippen MR) is 72.7 cm³/mol. The third-order valence-electron chi connectivity index (χ3n) is 1.68. The summed E-state index contributed by atoms with van der Waals surface area (Å²) in [5.41, 5.74) is 0.395. The Kier molecular flexibility index (Phi) is 4.77. The first kappa shape index (κ1) is 13.5. The van der Waals surface area contributed by atoms with Crippen molar-refractivity contribution in [1.29, 1.82) is 0 Å². The van der Waals surface area contributed by atoms with E-state index in [2.05, 4.69) is 53.7 Å². The van der Waals surface area contributed by atoms with Crippen LogP contribution in [0, 0.1) is 22.5 Å². The summed E-state index contributed by atoms with van der Waals surface area (Å²) in [6.07, 6.45) is 5.10. The van der Waals surface area contributed by atoms with Crippen molar-refractivity contribution in [1.82, 2.24) is 0 Å². The first-order valence-electron chi connectivity index (χ1n) is 3.97. The first-order valence-corrected chi connectivity index (χ1v) is 6.35. The normalized spacial score (nSPS) is 9.62. The van der Waals surface area contributed by atoms with Gasteiger partial charge in [-0.1, -0.05) is 26.9 Å². The largest absolute Gasteiger partial charge is 0.234 e. The predicted octanol–water partition coefficient (Wildman–Crippen LogP) is 3.61. The number of hydrogen-bond acceptors (Lipinski definition) is 2. The molecule has 0 spiro atoms. The Balaban J connectivity index is 3.30. The minimum absolute atomic E-state index is 0.105. The highest BCUT2D eigenvalue weighted by atomic mass is 79.9. The van der Waals surface area contributed by atoms with Crippen LogP contribution >= 0.6 is 47.8 Å². The molecule has 1 aromatic rings. The number of rotatable bonds is 3. The van der Waals surface area contributed by atoms with Gasteiger partial charge in [-0.15, -0.1) is 6.42 Å². The third-order valence-corrected chi connectivity index (χ3v) is 3.34. The Hall–Kier alpha value is -0.580. The van der Waals surface area contributed by atoms with Crippen LogP contribution in [0.15, 0.2) is 25.6 Å². The van der Waals surface area contributed by atoms with Crippen molar-refractivity contribution >= 4 is 53.5 Å². The number of nitrogens with zero attached hydrogens (tertiary/aromatic N) is 2. The second-order valence-electron chi connectivity index (χ2n) is 2.72. The van der Waals surface area contributed by atoms with Crippen LogP contribution in [0.4, 0.5) is 5.69 Å². The summed E-state index contributed by atoms with van der Waals surface area (Å²) >= 11 is 9.81. The van der Waals surface area contributed by atoms with E-state index in [4.69, 9.17) is 6.42 Å². The van der Waals surface area contributed by atoms with Crippen LogP contribution in [0.3, 0.4) is 0 Å². The highest BCUT2D eigenvalue weighted by Gasteiger charge is 2.22. The van der Waals surface area contributed by atoms with Crippen LogP contribution in [-0.4, -0.2) is 11.6 Å². The highest BCUT2D eigenvalue weighted by molar-refractivity contribution is 9.11. The zero-order valence-corrected chi connectivity index (χ0v) is 12.5. The minimum atomic E-state index is -0.543. The molecule has 0 heterocycles. The molecule has 0 amide bonds. The molecule has 0 atom stereocenters. The van der Waals surface area contributed by atoms with Crippen molar-refractivity contribution in [2.75, 3.05) is 11.6 Å². The Morgan fingerprint density at radius 2 is 1.88 bits per heavy atom. The number of nitro groups is 1. The molecule has 4 nitrogen and oxygen atoms in total. The summed E-state index contributed by atoms with van der Waals surface area (Å²) in [7, 11) is 0. The lowest BCUT2D eigenvalue weighted by atomic mass is 10.3. The molecule has 0 bridgehead atoms. The summed E-state index contributed by atoms with van der Waals surface area (Å²) in [6, 6.07) is 3.43. The van der Waals surface area contributed by atoms with Gasteiger partial charge in [-0.2, -0.15) is 0 Å². The second-order valence-corrected chi connectivity index (χ2v) is 5.34. The summed E-state index contributed by atoms with van der Waals surface area (Å²) in [4.78, 5) is 10.9. The van der Waals surface area contributed by atoms with E-state index >= 15 is 0 Å². The van der Waals surface area contributed by atoms with Crippen LogP contribution < -0.4 is 5.01 Å². The first-order chi connectivity index (χ1) is 7.47. The Morgan fingerprint density at radius 3 is 2.25 bits per heavy atom. The third kappa shape index (κ3) is 2.97. The summed E-state index contributed by atoms with van der Waals surface area (Å²) in [5, 5.41) is 11.2. The average Bonchev–Trinajstić information content (AvgIpc) is 2.14. The van der Waals surface area contributed by atoms with E-state index in [1.54, 1.807) is 12.1 Å². The molecule has 0 saturated carbocycles. The van der Waals surface area contributed by atoms with Gasteiger partial charge in [0.1, 0.15) is 12.2 Å². The van der Waals surface area contributed by atoms with Gasteiger partial charge in [-0.3, -0.25) is 0 Å². The van der Waals surface area contributed by atoms with Gasteiger partial charge < -0.3 is 0 Å². The van der Waals surface area contributed by atoms with Gasteiger partial charge in [0.25, 0.3) is 0 Å². The molecular weight excluding hydrogens is 408 g/mol. The van der Waals surface area contributed by atoms with E-state index < -0.39 is 5.03 Å². The molecule has 0 N–H and O–H groups in total. The molecule has 16 heavy (non-hydrogen) atoms. The van der Waals surface area contributed by atoms with Gasteiger partial charge in [-0.25, -0.2) is 10.1 Å². The number of anilines is 1. The molecule has 1 rings (SSSR count). The molecule has 0 aliphatic carbocycles. The van der Waals surface area contributed by atoms with Gasteiger partial charge in [-0.05, 0) is 44.0 Å². The summed E-state index contributed by atoms with van der Waals surface area (Å²) in [6.45, 7) is -0.105. The van der Waals surface area contributed by atoms with Crippen molar-refractivity contribution < 1.29 is 5.03 Å². The van der Waals surface area contributed by atoms with Crippen molar-refractivity contribution in [3.63, 3.8) is 0 Å². The quantitative estimate of drug-likeness (QED) is 0.433. The van der Waals surface area contributed by atoms with E-state index in [1.165, 1.54) is 0 Å². The average molecular weight is 413 g/mol. The molecule has 0 aliphatic heterocycles. The second kappa shape index (κ2) is 5.66. The monoisotopic (exact) mass is 410 g/mol. The van der Waals surface area contributed by atoms with Gasteiger partial charge in [0.15, 0.2) is 5.03 Å². The fraction of sp³-hybridized carbons (Fsp3) is 0.111. The zero-order chi connectivity index (χ0) is 12.3. The number of halogens is 3. The minimum Gasteiger partial charge on any atom is -0.234 e. The fourth-order valence-electron chi connectivity index (χ4n) is 1.09. The van der Waals surface area contributed by atoms with E-state index in [0.29, 0.717) is 14.6 Å². The topological polar surface area (TPSA) is 46.4 Å². The van der Waals surface area contributed by atoms with Crippen molar-refractivity contribution in [3.8, 4) is 12.3 Å². The van der Waals surface area contributed by atoms with E-state index in [-0.39, 0.29) is 6.54 Å². The van der Waals surface area contributed by atoms with E-state index in [0.717, 1.165) is 9.48 Å². The lowest BCUT2D eigenvalue weighted by molar-refractivity contribution is -0.493. The number of terminal acetylenes is 1. The Bertz CT molecular complexity index is 447. The van der Waals surface area contributed by atoms with Gasteiger partial charge >= 0.3 is 0 Å². The smallest absolute Gasteiger partial charge is 0.166 e. The molecule has 0 aliphatic rings. The van der Waals surface area contributed by atoms with Gasteiger partial charge in [0, 0.05) is 13.4 Å². The lowest BCUT2D eigenvalue weighted by Gasteiger charge is -2.15. The summed E-state index contributed by atoms with van der Waals surface area (Å²) < 4.78 is 1.97. The molecular formula is C9H5Br3N2O2. The maximum Gasteiger partial charge on any atom is 0.166 e. The Morgan fingerprint density at radius 1 is 1.38 bits per heavy atom. The molecule has 0 saturated heterocycles.